The highest BCUT2D eigenvalue weighted by Gasteiger charge is 2.29. The third kappa shape index (κ3) is 2.56. The number of para-hydroxylation sites is 1. The van der Waals surface area contributed by atoms with E-state index in [-0.39, 0.29) is 11.9 Å². The molecule has 98 valence electrons. The number of nitrogens with zero attached hydrogens (tertiary/aromatic N) is 1. The lowest BCUT2D eigenvalue weighted by Crippen LogP contribution is -2.51. The third-order valence-corrected chi connectivity index (χ3v) is 3.55. The standard InChI is InChI=1S/C15H22N2O/c1-3-12-8-5-6-10-14(12)17-11-7-9-13(15(17)18)16-4-2/h5-6,8,10,13,16H,3-4,7,9,11H2,1-2H3. The summed E-state index contributed by atoms with van der Waals surface area (Å²) in [7, 11) is 0. The van der Waals surface area contributed by atoms with Gasteiger partial charge >= 0.3 is 0 Å². The predicted molar refractivity (Wildman–Crippen MR) is 74.9 cm³/mol. The number of piperidine rings is 1. The molecule has 1 aromatic rings. The second kappa shape index (κ2) is 6.01. The second-order valence-electron chi connectivity index (χ2n) is 4.72. The Morgan fingerprint density at radius 2 is 2.11 bits per heavy atom. The average molecular weight is 246 g/mol. The van der Waals surface area contributed by atoms with Gasteiger partial charge in [0.1, 0.15) is 0 Å². The number of benzene rings is 1. The van der Waals surface area contributed by atoms with Crippen molar-refractivity contribution in [3.63, 3.8) is 0 Å². The highest BCUT2D eigenvalue weighted by atomic mass is 16.2. The van der Waals surface area contributed by atoms with Gasteiger partial charge < -0.3 is 10.2 Å². The molecule has 1 atom stereocenters. The van der Waals surface area contributed by atoms with Crippen LogP contribution in [0.2, 0.25) is 0 Å². The Labute approximate surface area is 109 Å². The van der Waals surface area contributed by atoms with Crippen LogP contribution in [0.4, 0.5) is 5.69 Å². The van der Waals surface area contributed by atoms with Crippen molar-refractivity contribution in [2.75, 3.05) is 18.0 Å². The van der Waals surface area contributed by atoms with Gasteiger partial charge in [-0.15, -0.1) is 0 Å². The van der Waals surface area contributed by atoms with E-state index in [2.05, 4.69) is 24.4 Å². The molecule has 0 bridgehead atoms. The molecule has 1 N–H and O–H groups in total. The number of likely N-dealkylation sites (N-methyl/N-ethyl adjacent to an activating group) is 1. The van der Waals surface area contributed by atoms with Crippen molar-refractivity contribution in [1.29, 1.82) is 0 Å². The van der Waals surface area contributed by atoms with Crippen LogP contribution in [-0.4, -0.2) is 25.0 Å². The Bertz CT molecular complexity index is 415. The van der Waals surface area contributed by atoms with Gasteiger partial charge in [-0.25, -0.2) is 0 Å². The first kappa shape index (κ1) is 13.1. The van der Waals surface area contributed by atoms with Crippen molar-refractivity contribution in [2.45, 2.75) is 39.2 Å². The lowest BCUT2D eigenvalue weighted by Gasteiger charge is -2.33. The molecule has 0 aromatic heterocycles. The molecule has 0 spiro atoms. The van der Waals surface area contributed by atoms with Crippen molar-refractivity contribution in [1.82, 2.24) is 5.32 Å². The Kier molecular flexibility index (Phi) is 4.37. The smallest absolute Gasteiger partial charge is 0.244 e. The van der Waals surface area contributed by atoms with E-state index in [9.17, 15) is 4.79 Å². The molecule has 0 saturated carbocycles. The molecule has 1 saturated heterocycles. The van der Waals surface area contributed by atoms with Gasteiger partial charge in [0.15, 0.2) is 0 Å². The zero-order valence-electron chi connectivity index (χ0n) is 11.3. The summed E-state index contributed by atoms with van der Waals surface area (Å²) in [5.74, 6) is 0.226. The molecule has 1 aliphatic heterocycles. The van der Waals surface area contributed by atoms with Gasteiger partial charge in [-0.3, -0.25) is 4.79 Å². The SMILES string of the molecule is CCNC1CCCN(c2ccccc2CC)C1=O. The fourth-order valence-electron chi connectivity index (χ4n) is 2.62. The topological polar surface area (TPSA) is 32.3 Å². The maximum absolute atomic E-state index is 12.4. The lowest BCUT2D eigenvalue weighted by atomic mass is 10.0. The number of hydrogen-bond donors (Lipinski definition) is 1. The molecule has 1 heterocycles. The van der Waals surface area contributed by atoms with E-state index in [4.69, 9.17) is 0 Å². The molecule has 1 fully saturated rings. The number of carbonyl (C=O) groups is 1. The second-order valence-corrected chi connectivity index (χ2v) is 4.72. The van der Waals surface area contributed by atoms with Crippen LogP contribution < -0.4 is 10.2 Å². The summed E-state index contributed by atoms with van der Waals surface area (Å²) in [6, 6.07) is 8.22. The van der Waals surface area contributed by atoms with E-state index >= 15 is 0 Å². The maximum Gasteiger partial charge on any atom is 0.244 e. The minimum Gasteiger partial charge on any atom is -0.311 e. The minimum atomic E-state index is -0.00587. The Morgan fingerprint density at radius 3 is 2.83 bits per heavy atom. The van der Waals surface area contributed by atoms with Crippen LogP contribution in [0.1, 0.15) is 32.3 Å². The monoisotopic (exact) mass is 246 g/mol. The number of anilines is 1. The highest BCUT2D eigenvalue weighted by Crippen LogP contribution is 2.25. The van der Waals surface area contributed by atoms with E-state index in [1.54, 1.807) is 0 Å². The van der Waals surface area contributed by atoms with Gasteiger partial charge in [-0.1, -0.05) is 32.0 Å². The molecule has 18 heavy (non-hydrogen) atoms. The van der Waals surface area contributed by atoms with Crippen molar-refractivity contribution in [3.05, 3.63) is 29.8 Å². The largest absolute Gasteiger partial charge is 0.311 e. The molecule has 1 aromatic carbocycles. The van der Waals surface area contributed by atoms with E-state index in [1.165, 1.54) is 5.56 Å². The number of hydrogen-bond acceptors (Lipinski definition) is 2. The van der Waals surface area contributed by atoms with Crippen LogP contribution >= 0.6 is 0 Å². The molecule has 1 unspecified atom stereocenters. The Balaban J connectivity index is 2.23. The quantitative estimate of drug-likeness (QED) is 0.884. The van der Waals surface area contributed by atoms with Gasteiger partial charge in [0.05, 0.1) is 6.04 Å². The molecule has 3 heteroatoms. The summed E-state index contributed by atoms with van der Waals surface area (Å²) in [5, 5.41) is 3.28. The van der Waals surface area contributed by atoms with E-state index in [0.717, 1.165) is 38.0 Å². The van der Waals surface area contributed by atoms with Crippen molar-refractivity contribution >= 4 is 11.6 Å². The third-order valence-electron chi connectivity index (χ3n) is 3.55. The van der Waals surface area contributed by atoms with Gasteiger partial charge in [-0.05, 0) is 37.4 Å². The van der Waals surface area contributed by atoms with E-state index in [0.29, 0.717) is 0 Å². The van der Waals surface area contributed by atoms with E-state index < -0.39 is 0 Å². The zero-order chi connectivity index (χ0) is 13.0. The molecule has 2 rings (SSSR count). The molecule has 0 aliphatic carbocycles. The predicted octanol–water partition coefficient (Wildman–Crippen LogP) is 2.35. The summed E-state index contributed by atoms with van der Waals surface area (Å²) in [5.41, 5.74) is 2.34. The first-order valence-electron chi connectivity index (χ1n) is 6.90. The van der Waals surface area contributed by atoms with Crippen LogP contribution in [0.15, 0.2) is 24.3 Å². The van der Waals surface area contributed by atoms with Crippen LogP contribution in [0.5, 0.6) is 0 Å². The number of amides is 1. The van der Waals surface area contributed by atoms with Crippen LogP contribution in [0.25, 0.3) is 0 Å². The molecule has 3 nitrogen and oxygen atoms in total. The summed E-state index contributed by atoms with van der Waals surface area (Å²) in [4.78, 5) is 14.4. The average Bonchev–Trinajstić information content (AvgIpc) is 2.41. The summed E-state index contributed by atoms with van der Waals surface area (Å²) in [6.45, 7) is 5.87. The summed E-state index contributed by atoms with van der Waals surface area (Å²) in [6.07, 6.45) is 2.99. The summed E-state index contributed by atoms with van der Waals surface area (Å²) < 4.78 is 0. The van der Waals surface area contributed by atoms with Crippen LogP contribution in [0.3, 0.4) is 0 Å². The Morgan fingerprint density at radius 1 is 1.33 bits per heavy atom. The van der Waals surface area contributed by atoms with E-state index in [1.807, 2.05) is 24.0 Å². The van der Waals surface area contributed by atoms with Crippen molar-refractivity contribution in [3.8, 4) is 0 Å². The molecule has 0 radical (unpaired) electrons. The number of nitrogens with one attached hydrogen (secondary N) is 1. The fraction of sp³-hybridized carbons (Fsp3) is 0.533. The fourth-order valence-corrected chi connectivity index (χ4v) is 2.62. The van der Waals surface area contributed by atoms with Crippen molar-refractivity contribution < 1.29 is 4.79 Å². The lowest BCUT2D eigenvalue weighted by molar-refractivity contribution is -0.121. The van der Waals surface area contributed by atoms with Gasteiger partial charge in [0, 0.05) is 12.2 Å². The van der Waals surface area contributed by atoms with Crippen molar-refractivity contribution in [2.24, 2.45) is 0 Å². The van der Waals surface area contributed by atoms with Gasteiger partial charge in [0.25, 0.3) is 0 Å². The Hall–Kier alpha value is -1.35. The first-order valence-corrected chi connectivity index (χ1v) is 6.90. The summed E-state index contributed by atoms with van der Waals surface area (Å²) >= 11 is 0. The van der Waals surface area contributed by atoms with Gasteiger partial charge in [-0.2, -0.15) is 0 Å². The number of carbonyl (C=O) groups excluding carboxylic acids is 1. The van der Waals surface area contributed by atoms with Crippen LogP contribution in [0, 0.1) is 0 Å². The number of rotatable bonds is 4. The van der Waals surface area contributed by atoms with Crippen LogP contribution in [-0.2, 0) is 11.2 Å². The first-order chi connectivity index (χ1) is 8.77. The molecular formula is C15H22N2O. The number of aryl methyl sites for hydroxylation is 1. The molecule has 1 aliphatic rings. The normalized spacial score (nSPS) is 20.2. The van der Waals surface area contributed by atoms with Gasteiger partial charge in [0.2, 0.25) is 5.91 Å². The molecule has 1 amide bonds. The molecular weight excluding hydrogens is 224 g/mol. The zero-order valence-corrected chi connectivity index (χ0v) is 11.3. The highest BCUT2D eigenvalue weighted by molar-refractivity contribution is 5.98. The maximum atomic E-state index is 12.4. The minimum absolute atomic E-state index is 0.00587.